The van der Waals surface area contributed by atoms with Crippen LogP contribution >= 0.6 is 7.60 Å². The van der Waals surface area contributed by atoms with Crippen molar-refractivity contribution in [2.24, 2.45) is 0 Å². The molecule has 0 unspecified atom stereocenters. The Bertz CT molecular complexity index is 687. The van der Waals surface area contributed by atoms with Crippen molar-refractivity contribution in [1.82, 2.24) is 5.32 Å². The van der Waals surface area contributed by atoms with Crippen LogP contribution in [0, 0.1) is 0 Å². The minimum absolute atomic E-state index is 0.180. The number of nitrogens with one attached hydrogen (secondary N) is 1. The second-order valence-electron chi connectivity index (χ2n) is 6.93. The van der Waals surface area contributed by atoms with Crippen molar-refractivity contribution in [3.63, 3.8) is 0 Å². The number of esters is 1. The zero-order chi connectivity index (χ0) is 21.4. The molecule has 0 radical (unpaired) electrons. The van der Waals surface area contributed by atoms with Crippen LogP contribution in [0.15, 0.2) is 24.3 Å². The lowest BCUT2D eigenvalue weighted by molar-refractivity contribution is -0.143. The van der Waals surface area contributed by atoms with Crippen LogP contribution in [-0.4, -0.2) is 44.0 Å². The van der Waals surface area contributed by atoms with E-state index in [-0.39, 0.29) is 19.6 Å². The Hall–Kier alpha value is -1.89. The highest BCUT2D eigenvalue weighted by Gasteiger charge is 2.28. The fourth-order valence-corrected chi connectivity index (χ4v) is 3.93. The van der Waals surface area contributed by atoms with E-state index in [1.54, 1.807) is 58.9 Å². The lowest BCUT2D eigenvalue weighted by atomic mass is 10.1. The molecule has 1 amide bonds. The van der Waals surface area contributed by atoms with Crippen LogP contribution in [0.4, 0.5) is 4.79 Å². The van der Waals surface area contributed by atoms with Crippen molar-refractivity contribution in [3.05, 3.63) is 29.8 Å². The Morgan fingerprint density at radius 3 is 2.04 bits per heavy atom. The van der Waals surface area contributed by atoms with Crippen molar-refractivity contribution in [3.8, 4) is 0 Å². The number of hydrogen-bond donors (Lipinski definition) is 1. The third-order valence-corrected chi connectivity index (χ3v) is 5.59. The van der Waals surface area contributed by atoms with E-state index in [1.165, 1.54) is 7.11 Å². The molecule has 0 saturated carbocycles. The number of methoxy groups -OCH3 is 1. The van der Waals surface area contributed by atoms with Gasteiger partial charge in [-0.1, -0.05) is 12.1 Å². The number of amides is 1. The van der Waals surface area contributed by atoms with Gasteiger partial charge in [-0.05, 0) is 52.3 Å². The minimum Gasteiger partial charge on any atom is -0.467 e. The predicted molar refractivity (Wildman–Crippen MR) is 106 cm³/mol. The van der Waals surface area contributed by atoms with Gasteiger partial charge in [0.05, 0.1) is 25.6 Å². The Balaban J connectivity index is 2.94. The summed E-state index contributed by atoms with van der Waals surface area (Å²) < 4.78 is 33.4. The molecule has 0 fully saturated rings. The summed E-state index contributed by atoms with van der Waals surface area (Å²) in [5.41, 5.74) is 0.0429. The van der Waals surface area contributed by atoms with Crippen molar-refractivity contribution in [2.75, 3.05) is 20.3 Å². The molecular formula is C19H30NO7P. The molecule has 9 heteroatoms. The molecule has 0 aliphatic rings. The Labute approximate surface area is 166 Å². The number of hydrogen-bond acceptors (Lipinski definition) is 7. The standard InChI is InChI=1S/C19H30NO7P/c1-7-25-28(23,26-8-2)15-11-9-14(10-12-15)13-16(17(21)24-6)20-18(22)27-19(3,4)5/h9-12,16H,7-8,13H2,1-6H3,(H,20,22)/t16-/m0/s1. The lowest BCUT2D eigenvalue weighted by Crippen LogP contribution is -2.45. The first-order chi connectivity index (χ1) is 13.0. The van der Waals surface area contributed by atoms with Gasteiger partial charge in [-0.3, -0.25) is 4.57 Å². The second kappa shape index (κ2) is 10.6. The van der Waals surface area contributed by atoms with E-state index in [0.717, 1.165) is 5.56 Å². The van der Waals surface area contributed by atoms with Gasteiger partial charge in [-0.2, -0.15) is 0 Å². The Kier molecular flexibility index (Phi) is 9.14. The van der Waals surface area contributed by atoms with E-state index in [9.17, 15) is 14.2 Å². The molecule has 0 aliphatic heterocycles. The SMILES string of the molecule is CCOP(=O)(OCC)c1ccc(C[C@H](NC(=O)OC(C)(C)C)C(=O)OC)cc1. The van der Waals surface area contributed by atoms with E-state index in [0.29, 0.717) is 5.30 Å². The van der Waals surface area contributed by atoms with E-state index in [2.05, 4.69) is 5.32 Å². The maximum absolute atomic E-state index is 12.8. The predicted octanol–water partition coefficient (Wildman–Crippen LogP) is 3.19. The van der Waals surface area contributed by atoms with E-state index < -0.39 is 31.3 Å². The Morgan fingerprint density at radius 2 is 1.61 bits per heavy atom. The van der Waals surface area contributed by atoms with Crippen LogP contribution in [0.5, 0.6) is 0 Å². The summed E-state index contributed by atoms with van der Waals surface area (Å²) in [5.74, 6) is -0.593. The van der Waals surface area contributed by atoms with Gasteiger partial charge in [0, 0.05) is 6.42 Å². The number of ether oxygens (including phenoxy) is 2. The quantitative estimate of drug-likeness (QED) is 0.488. The molecule has 1 aromatic rings. The molecule has 1 atom stereocenters. The first-order valence-corrected chi connectivity index (χ1v) is 10.6. The fourth-order valence-electron chi connectivity index (χ4n) is 2.36. The first-order valence-electron chi connectivity index (χ1n) is 9.10. The van der Waals surface area contributed by atoms with Gasteiger partial charge in [0.15, 0.2) is 0 Å². The largest absolute Gasteiger partial charge is 0.467 e. The molecule has 1 N–H and O–H groups in total. The molecule has 0 spiro atoms. The van der Waals surface area contributed by atoms with Gasteiger partial charge in [0.25, 0.3) is 0 Å². The summed E-state index contributed by atoms with van der Waals surface area (Å²) in [5, 5.41) is 2.94. The van der Waals surface area contributed by atoms with Gasteiger partial charge in [0.2, 0.25) is 0 Å². The van der Waals surface area contributed by atoms with Crippen LogP contribution in [0.25, 0.3) is 0 Å². The summed E-state index contributed by atoms with van der Waals surface area (Å²) in [6.45, 7) is 9.17. The average molecular weight is 415 g/mol. The van der Waals surface area contributed by atoms with Gasteiger partial charge in [-0.25, -0.2) is 9.59 Å². The first kappa shape index (κ1) is 24.1. The maximum Gasteiger partial charge on any atom is 0.408 e. The van der Waals surface area contributed by atoms with Crippen LogP contribution < -0.4 is 10.6 Å². The summed E-state index contributed by atoms with van der Waals surface area (Å²) in [6, 6.07) is 5.74. The fraction of sp³-hybridized carbons (Fsp3) is 0.579. The third-order valence-electron chi connectivity index (χ3n) is 3.47. The number of carbonyl (C=O) groups excluding carboxylic acids is 2. The number of rotatable bonds is 9. The summed E-state index contributed by atoms with van der Waals surface area (Å²) >= 11 is 0. The third kappa shape index (κ3) is 7.62. The van der Waals surface area contributed by atoms with Gasteiger partial charge < -0.3 is 23.8 Å². The van der Waals surface area contributed by atoms with E-state index in [4.69, 9.17) is 18.5 Å². The number of benzene rings is 1. The van der Waals surface area contributed by atoms with Crippen molar-refractivity contribution >= 4 is 25.0 Å². The Morgan fingerprint density at radius 1 is 1.07 bits per heavy atom. The minimum atomic E-state index is -3.38. The maximum atomic E-state index is 12.8. The molecule has 1 rings (SSSR count). The van der Waals surface area contributed by atoms with Gasteiger partial charge in [-0.15, -0.1) is 0 Å². The summed E-state index contributed by atoms with van der Waals surface area (Å²) in [6.07, 6.45) is -0.531. The molecule has 8 nitrogen and oxygen atoms in total. The summed E-state index contributed by atoms with van der Waals surface area (Å²) in [7, 11) is -2.13. The molecule has 0 aliphatic carbocycles. The van der Waals surface area contributed by atoms with Crippen molar-refractivity contribution in [1.29, 1.82) is 0 Å². The molecular weight excluding hydrogens is 385 g/mol. The van der Waals surface area contributed by atoms with Gasteiger partial charge in [0.1, 0.15) is 11.6 Å². The monoisotopic (exact) mass is 415 g/mol. The molecule has 0 aromatic heterocycles. The zero-order valence-electron chi connectivity index (χ0n) is 17.3. The zero-order valence-corrected chi connectivity index (χ0v) is 18.2. The molecule has 0 heterocycles. The highest BCUT2D eigenvalue weighted by molar-refractivity contribution is 7.62. The van der Waals surface area contributed by atoms with Crippen LogP contribution in [-0.2, 0) is 34.3 Å². The van der Waals surface area contributed by atoms with Crippen LogP contribution in [0.2, 0.25) is 0 Å². The lowest BCUT2D eigenvalue weighted by Gasteiger charge is -2.23. The normalized spacial score (nSPS) is 12.9. The molecule has 0 bridgehead atoms. The molecule has 0 saturated heterocycles. The van der Waals surface area contributed by atoms with E-state index in [1.807, 2.05) is 0 Å². The van der Waals surface area contributed by atoms with E-state index >= 15 is 0 Å². The second-order valence-corrected chi connectivity index (χ2v) is 8.95. The topological polar surface area (TPSA) is 100 Å². The highest BCUT2D eigenvalue weighted by Crippen LogP contribution is 2.46. The highest BCUT2D eigenvalue weighted by atomic mass is 31.2. The molecule has 1 aromatic carbocycles. The number of carbonyl (C=O) groups is 2. The van der Waals surface area contributed by atoms with Crippen LogP contribution in [0.3, 0.4) is 0 Å². The number of alkyl carbamates (subject to hydrolysis) is 1. The van der Waals surface area contributed by atoms with Gasteiger partial charge >= 0.3 is 19.7 Å². The van der Waals surface area contributed by atoms with Crippen molar-refractivity contribution in [2.45, 2.75) is 52.7 Å². The van der Waals surface area contributed by atoms with Crippen molar-refractivity contribution < 1.29 is 32.7 Å². The van der Waals surface area contributed by atoms with Crippen LogP contribution in [0.1, 0.15) is 40.2 Å². The smallest absolute Gasteiger partial charge is 0.408 e. The summed E-state index contributed by atoms with van der Waals surface area (Å²) in [4.78, 5) is 24.0. The molecule has 28 heavy (non-hydrogen) atoms. The average Bonchev–Trinajstić information content (AvgIpc) is 2.59. The molecule has 158 valence electrons.